The van der Waals surface area contributed by atoms with Gasteiger partial charge in [0.1, 0.15) is 0 Å². The van der Waals surface area contributed by atoms with E-state index in [1.807, 2.05) is 0 Å². The second-order valence-electron chi connectivity index (χ2n) is 8.31. The predicted octanol–water partition coefficient (Wildman–Crippen LogP) is 8.68. The summed E-state index contributed by atoms with van der Waals surface area (Å²) < 4.78 is 13.5. The van der Waals surface area contributed by atoms with E-state index < -0.39 is 0 Å². The summed E-state index contributed by atoms with van der Waals surface area (Å²) in [7, 11) is 5.91. The fourth-order valence-corrected chi connectivity index (χ4v) is 4.63. The summed E-state index contributed by atoms with van der Waals surface area (Å²) in [6.07, 6.45) is 23.5. The number of rotatable bonds is 24. The average Bonchev–Trinajstić information content (AvgIpc) is 2.71. The average molecular weight is 429 g/mol. The number of hydrogen-bond acceptors (Lipinski definition) is 2. The Morgan fingerprint density at radius 1 is 0.571 bits per heavy atom. The molecule has 0 aliphatic carbocycles. The highest BCUT2D eigenvalue weighted by Gasteiger charge is 2.09. The molecule has 0 amide bonds. The van der Waals surface area contributed by atoms with Crippen molar-refractivity contribution in [2.75, 3.05) is 13.2 Å². The third kappa shape index (κ3) is 23.3. The molecule has 0 aromatic rings. The maximum atomic E-state index is 6.10. The van der Waals surface area contributed by atoms with Crippen molar-refractivity contribution in [1.82, 2.24) is 0 Å². The van der Waals surface area contributed by atoms with Gasteiger partial charge in [0.25, 0.3) is 0 Å². The molecule has 4 heteroatoms. The summed E-state index contributed by atoms with van der Waals surface area (Å²) in [5.41, 5.74) is 0. The number of ether oxygens (including phenoxy) is 2. The highest BCUT2D eigenvalue weighted by molar-refractivity contribution is 6.93. The van der Waals surface area contributed by atoms with Crippen LogP contribution in [0.25, 0.3) is 0 Å². The van der Waals surface area contributed by atoms with Crippen molar-refractivity contribution in [3.8, 4) is 0 Å². The van der Waals surface area contributed by atoms with Gasteiger partial charge in [-0.1, -0.05) is 104 Å². The summed E-state index contributed by atoms with van der Waals surface area (Å²) in [4.78, 5) is 0. The van der Waals surface area contributed by atoms with Crippen molar-refractivity contribution in [3.63, 3.8) is 0 Å². The van der Waals surface area contributed by atoms with Crippen LogP contribution in [-0.4, -0.2) is 38.8 Å². The molecule has 28 heavy (non-hydrogen) atoms. The SMILES string of the molecule is CCCCCCCCCOC(CCCC[CH2][Mg][Cl])OCCCCCCCCC. The van der Waals surface area contributed by atoms with Gasteiger partial charge in [-0.15, -0.1) is 4.55 Å². The van der Waals surface area contributed by atoms with Crippen molar-refractivity contribution >= 4 is 28.3 Å². The van der Waals surface area contributed by atoms with Gasteiger partial charge < -0.3 is 18.5 Å². The first-order valence-electron chi connectivity index (χ1n) is 12.6. The normalized spacial score (nSPS) is 11.3. The molecule has 0 saturated heterocycles. The molecule has 0 heterocycles. The monoisotopic (exact) mass is 428 g/mol. The summed E-state index contributed by atoms with van der Waals surface area (Å²) in [6, 6.07) is 0. The fourth-order valence-electron chi connectivity index (χ4n) is 3.52. The van der Waals surface area contributed by atoms with Crippen molar-refractivity contribution < 1.29 is 9.47 Å². The smallest absolute Gasteiger partial charge is 0.353 e. The summed E-state index contributed by atoms with van der Waals surface area (Å²) in [6.45, 7) is 6.28. The molecule has 0 fully saturated rings. The molecule has 0 aromatic carbocycles. The number of hydrogen-bond donors (Lipinski definition) is 0. The second kappa shape index (κ2) is 26.0. The third-order valence-corrected chi connectivity index (χ3v) is 7.00. The van der Waals surface area contributed by atoms with E-state index in [9.17, 15) is 0 Å². The van der Waals surface area contributed by atoms with Gasteiger partial charge in [-0.05, 0) is 25.7 Å². The summed E-state index contributed by atoms with van der Waals surface area (Å²) in [5, 5.41) is 0. The van der Waals surface area contributed by atoms with Gasteiger partial charge in [0, 0.05) is 13.2 Å². The Hall–Kier alpha value is 0.976. The first kappa shape index (κ1) is 29.0. The minimum atomic E-state index is -0.279. The van der Waals surface area contributed by atoms with Gasteiger partial charge in [-0.2, -0.15) is 0 Å². The van der Waals surface area contributed by atoms with Gasteiger partial charge in [-0.25, -0.2) is 0 Å². The van der Waals surface area contributed by atoms with Crippen LogP contribution in [0.5, 0.6) is 0 Å². The molecule has 0 radical (unpaired) electrons. The van der Waals surface area contributed by atoms with E-state index >= 15 is 0 Å². The first-order valence-corrected chi connectivity index (χ1v) is 15.8. The summed E-state index contributed by atoms with van der Waals surface area (Å²) >= 11 is -0.279. The predicted molar refractivity (Wildman–Crippen MR) is 127 cm³/mol. The lowest BCUT2D eigenvalue weighted by molar-refractivity contribution is -0.148. The van der Waals surface area contributed by atoms with Gasteiger partial charge in [0.2, 0.25) is 0 Å². The van der Waals surface area contributed by atoms with Crippen LogP contribution in [0.1, 0.15) is 129 Å². The molecule has 0 N–H and O–H groups in total. The largest absolute Gasteiger partial charge is 0.501 e. The van der Waals surface area contributed by atoms with Crippen LogP contribution in [-0.2, 0) is 9.47 Å². The molecule has 0 rings (SSSR count). The van der Waals surface area contributed by atoms with Crippen LogP contribution in [0.2, 0.25) is 4.55 Å². The zero-order valence-corrected chi connectivity index (χ0v) is 21.5. The van der Waals surface area contributed by atoms with Crippen molar-refractivity contribution in [2.45, 2.75) is 140 Å². The van der Waals surface area contributed by atoms with Gasteiger partial charge in [0.15, 0.2) is 6.29 Å². The van der Waals surface area contributed by atoms with Crippen molar-refractivity contribution in [2.24, 2.45) is 0 Å². The maximum absolute atomic E-state index is 6.10. The fraction of sp³-hybridized carbons (Fsp3) is 1.00. The Kier molecular flexibility index (Phi) is 26.9. The lowest BCUT2D eigenvalue weighted by Gasteiger charge is -2.19. The lowest BCUT2D eigenvalue weighted by Crippen LogP contribution is -2.19. The molecule has 0 saturated carbocycles. The summed E-state index contributed by atoms with van der Waals surface area (Å²) in [5.74, 6) is 0. The van der Waals surface area contributed by atoms with E-state index in [4.69, 9.17) is 18.5 Å². The third-order valence-electron chi connectivity index (χ3n) is 5.43. The molecule has 0 atom stereocenters. The standard InChI is InChI=1S/C24H49O2.ClH.Mg/c1-4-7-10-12-14-16-19-22-25-24(21-18-9-6-3)26-23-20-17-15-13-11-8-5-2;;/h24H,3-23H2,1-2H3;1H;/q;;+1/p-1. The van der Waals surface area contributed by atoms with Crippen molar-refractivity contribution in [3.05, 3.63) is 0 Å². The van der Waals surface area contributed by atoms with Gasteiger partial charge in [0.05, 0.1) is 0 Å². The Morgan fingerprint density at radius 3 is 1.46 bits per heavy atom. The zero-order valence-electron chi connectivity index (χ0n) is 19.3. The highest BCUT2D eigenvalue weighted by atomic mass is 35.5. The molecule has 0 unspecified atom stereocenters. The quantitative estimate of drug-likeness (QED) is 0.0868. The Labute approximate surface area is 190 Å². The second-order valence-corrected chi connectivity index (χ2v) is 10.5. The molecule has 166 valence electrons. The lowest BCUT2D eigenvalue weighted by atomic mass is 10.1. The molecule has 0 aliphatic heterocycles. The molecule has 0 aromatic heterocycles. The Morgan fingerprint density at radius 2 is 1.00 bits per heavy atom. The number of halogens is 1. The van der Waals surface area contributed by atoms with E-state index in [0.717, 1.165) is 19.6 Å². The molecule has 0 bridgehead atoms. The Balaban J connectivity index is 3.75. The maximum Gasteiger partial charge on any atom is 0.501 e. The van der Waals surface area contributed by atoms with Crippen molar-refractivity contribution in [1.29, 1.82) is 0 Å². The zero-order chi connectivity index (χ0) is 20.5. The highest BCUT2D eigenvalue weighted by Crippen LogP contribution is 2.14. The molecule has 2 nitrogen and oxygen atoms in total. The van der Waals surface area contributed by atoms with E-state index in [1.54, 1.807) is 0 Å². The van der Waals surface area contributed by atoms with Crippen LogP contribution in [0.4, 0.5) is 0 Å². The first-order chi connectivity index (χ1) is 13.8. The van der Waals surface area contributed by atoms with E-state index in [1.165, 1.54) is 114 Å². The van der Waals surface area contributed by atoms with E-state index in [2.05, 4.69) is 13.8 Å². The topological polar surface area (TPSA) is 18.5 Å². The van der Waals surface area contributed by atoms with Crippen LogP contribution in [0.15, 0.2) is 0 Å². The number of unbranched alkanes of at least 4 members (excludes halogenated alkanes) is 14. The van der Waals surface area contributed by atoms with Gasteiger partial charge in [-0.3, -0.25) is 0 Å². The molecule has 0 aliphatic rings. The van der Waals surface area contributed by atoms with E-state index in [0.29, 0.717) is 0 Å². The van der Waals surface area contributed by atoms with Crippen LogP contribution in [0.3, 0.4) is 0 Å². The Bertz CT molecular complexity index is 259. The van der Waals surface area contributed by atoms with Crippen LogP contribution in [0, 0.1) is 0 Å². The van der Waals surface area contributed by atoms with Crippen LogP contribution < -0.4 is 0 Å². The minimum Gasteiger partial charge on any atom is -0.353 e. The minimum absolute atomic E-state index is 0.0217. The van der Waals surface area contributed by atoms with E-state index in [-0.39, 0.29) is 25.6 Å². The van der Waals surface area contributed by atoms with Gasteiger partial charge >= 0.3 is 19.3 Å². The molecular weight excluding hydrogens is 380 g/mol. The molecule has 0 spiro atoms. The van der Waals surface area contributed by atoms with Crippen LogP contribution >= 0.6 is 9.07 Å². The molecular formula is C24H49ClMgO2.